The minimum absolute atomic E-state index is 0.181. The molecule has 14 heavy (non-hydrogen) atoms. The van der Waals surface area contributed by atoms with Crippen LogP contribution in [0.3, 0.4) is 0 Å². The number of hydrogen-bond donors (Lipinski definition) is 2. The van der Waals surface area contributed by atoms with Gasteiger partial charge in [-0.05, 0) is 18.2 Å². The average Bonchev–Trinajstić information content (AvgIpc) is 2.59. The Kier molecular flexibility index (Phi) is 1.94. The van der Waals surface area contributed by atoms with E-state index in [-0.39, 0.29) is 12.6 Å². The van der Waals surface area contributed by atoms with Gasteiger partial charge in [0.25, 0.3) is 5.91 Å². The van der Waals surface area contributed by atoms with Gasteiger partial charge >= 0.3 is 5.97 Å². The zero-order chi connectivity index (χ0) is 10.1. The Morgan fingerprint density at radius 2 is 2.29 bits per heavy atom. The van der Waals surface area contributed by atoms with Crippen molar-refractivity contribution < 1.29 is 19.5 Å². The van der Waals surface area contributed by atoms with Crippen molar-refractivity contribution in [3.05, 3.63) is 34.9 Å². The van der Waals surface area contributed by atoms with Crippen molar-refractivity contribution in [3.8, 4) is 0 Å². The number of hydrogen-bond acceptors (Lipinski definition) is 4. The predicted octanol–water partition coefficient (Wildman–Crippen LogP) is 0.476. The third-order valence-corrected chi connectivity index (χ3v) is 2.05. The van der Waals surface area contributed by atoms with Crippen LogP contribution in [0.5, 0.6) is 0 Å². The predicted molar refractivity (Wildman–Crippen MR) is 44.8 cm³/mol. The molecule has 1 amide bonds. The Hall–Kier alpha value is -1.88. The van der Waals surface area contributed by atoms with E-state index in [0.717, 1.165) is 0 Å². The van der Waals surface area contributed by atoms with Gasteiger partial charge in [-0.3, -0.25) is 10.0 Å². The highest BCUT2D eigenvalue weighted by Crippen LogP contribution is 2.20. The lowest BCUT2D eigenvalue weighted by Gasteiger charge is -1.99. The summed E-state index contributed by atoms with van der Waals surface area (Å²) in [6.45, 7) is 0.181. The van der Waals surface area contributed by atoms with Crippen LogP contribution in [-0.2, 0) is 11.3 Å². The van der Waals surface area contributed by atoms with E-state index < -0.39 is 5.91 Å². The van der Waals surface area contributed by atoms with Crippen molar-refractivity contribution in [2.75, 3.05) is 0 Å². The number of cyclic esters (lactones) is 1. The fraction of sp³-hybridized carbons (Fsp3) is 0.111. The summed E-state index contributed by atoms with van der Waals surface area (Å²) in [6.07, 6.45) is 0. The van der Waals surface area contributed by atoms with E-state index >= 15 is 0 Å². The Morgan fingerprint density at radius 3 is 3.00 bits per heavy atom. The number of rotatable bonds is 1. The summed E-state index contributed by atoms with van der Waals surface area (Å²) in [4.78, 5) is 22.1. The maximum Gasteiger partial charge on any atom is 0.338 e. The van der Waals surface area contributed by atoms with Crippen molar-refractivity contribution in [2.24, 2.45) is 0 Å². The molecule has 1 heterocycles. The van der Waals surface area contributed by atoms with Crippen LogP contribution >= 0.6 is 0 Å². The minimum atomic E-state index is -0.604. The largest absolute Gasteiger partial charge is 0.457 e. The summed E-state index contributed by atoms with van der Waals surface area (Å²) in [5.41, 5.74) is 2.95. The van der Waals surface area contributed by atoms with Gasteiger partial charge in [-0.15, -0.1) is 0 Å². The molecule has 0 saturated carbocycles. The summed E-state index contributed by atoms with van der Waals surface area (Å²) in [5, 5.41) is 8.39. The van der Waals surface area contributed by atoms with Crippen LogP contribution in [0.1, 0.15) is 26.3 Å². The second-order valence-corrected chi connectivity index (χ2v) is 2.89. The molecule has 0 aromatic heterocycles. The fourth-order valence-electron chi connectivity index (χ4n) is 1.34. The molecule has 0 fully saturated rings. The molecule has 5 heteroatoms. The van der Waals surface area contributed by atoms with Crippen LogP contribution in [0.4, 0.5) is 0 Å². The first-order valence-corrected chi connectivity index (χ1v) is 3.97. The van der Waals surface area contributed by atoms with Gasteiger partial charge in [0.05, 0.1) is 5.56 Å². The highest BCUT2D eigenvalue weighted by atomic mass is 16.5. The summed E-state index contributed by atoms with van der Waals surface area (Å²) in [5.74, 6) is -0.983. The van der Waals surface area contributed by atoms with Gasteiger partial charge in [0.2, 0.25) is 0 Å². The molecule has 0 unspecified atom stereocenters. The van der Waals surface area contributed by atoms with Gasteiger partial charge < -0.3 is 4.74 Å². The maximum absolute atomic E-state index is 11.0. The molecule has 0 spiro atoms. The molecule has 2 rings (SSSR count). The molecular weight excluding hydrogens is 186 g/mol. The average molecular weight is 193 g/mol. The topological polar surface area (TPSA) is 75.6 Å². The number of nitrogens with one attached hydrogen (secondary N) is 1. The fourth-order valence-corrected chi connectivity index (χ4v) is 1.34. The quantitative estimate of drug-likeness (QED) is 0.386. The van der Waals surface area contributed by atoms with Gasteiger partial charge in [0, 0.05) is 11.1 Å². The highest BCUT2D eigenvalue weighted by Gasteiger charge is 2.21. The normalized spacial score (nSPS) is 13.4. The number of ether oxygens (including phenoxy) is 1. The van der Waals surface area contributed by atoms with Crippen LogP contribution in [-0.4, -0.2) is 17.1 Å². The third-order valence-electron chi connectivity index (χ3n) is 2.05. The summed E-state index contributed by atoms with van der Waals surface area (Å²) < 4.78 is 4.76. The first-order chi connectivity index (χ1) is 6.72. The van der Waals surface area contributed by atoms with E-state index in [1.165, 1.54) is 23.7 Å². The lowest BCUT2D eigenvalue weighted by atomic mass is 10.1. The zero-order valence-corrected chi connectivity index (χ0v) is 7.11. The number of carbonyl (C=O) groups is 2. The van der Waals surface area contributed by atoms with Gasteiger partial charge in [-0.2, -0.15) is 0 Å². The van der Waals surface area contributed by atoms with Crippen LogP contribution in [0.15, 0.2) is 18.2 Å². The first kappa shape index (κ1) is 8.71. The van der Waals surface area contributed by atoms with Gasteiger partial charge in [0.15, 0.2) is 0 Å². The number of hydroxylamine groups is 1. The van der Waals surface area contributed by atoms with E-state index in [0.29, 0.717) is 16.7 Å². The van der Waals surface area contributed by atoms with Crippen LogP contribution in [0.2, 0.25) is 0 Å². The molecule has 1 aromatic rings. The molecule has 0 atom stereocenters. The lowest BCUT2D eigenvalue weighted by molar-refractivity contribution is 0.0535. The molecule has 0 bridgehead atoms. The molecule has 1 aliphatic heterocycles. The Morgan fingerprint density at radius 1 is 1.50 bits per heavy atom. The Labute approximate surface area is 79.3 Å². The van der Waals surface area contributed by atoms with E-state index in [4.69, 9.17) is 9.94 Å². The van der Waals surface area contributed by atoms with Crippen LogP contribution < -0.4 is 5.48 Å². The van der Waals surface area contributed by atoms with E-state index in [1.807, 2.05) is 0 Å². The molecule has 0 aliphatic carbocycles. The number of amides is 1. The van der Waals surface area contributed by atoms with Crippen molar-refractivity contribution in [1.29, 1.82) is 0 Å². The Balaban J connectivity index is 2.42. The van der Waals surface area contributed by atoms with Gasteiger partial charge in [-0.25, -0.2) is 10.3 Å². The van der Waals surface area contributed by atoms with E-state index in [1.54, 1.807) is 0 Å². The summed E-state index contributed by atoms with van der Waals surface area (Å²) in [7, 11) is 0. The standard InChI is InChI=1S/C9H7NO4/c11-8(10-13)5-1-2-7-6(3-5)4-14-9(7)12/h1-3,13H,4H2,(H,10,11). The van der Waals surface area contributed by atoms with Crippen LogP contribution in [0.25, 0.3) is 0 Å². The molecule has 72 valence electrons. The number of esters is 1. The number of fused-ring (bicyclic) bond motifs is 1. The lowest BCUT2D eigenvalue weighted by Crippen LogP contribution is -2.18. The maximum atomic E-state index is 11.0. The van der Waals surface area contributed by atoms with Crippen LogP contribution in [0, 0.1) is 0 Å². The smallest absolute Gasteiger partial charge is 0.338 e. The van der Waals surface area contributed by atoms with Crippen molar-refractivity contribution in [2.45, 2.75) is 6.61 Å². The summed E-state index contributed by atoms with van der Waals surface area (Å²) in [6, 6.07) is 4.48. The SMILES string of the molecule is O=C(NO)c1ccc2c(c1)COC2=O. The highest BCUT2D eigenvalue weighted by molar-refractivity contribution is 5.97. The monoisotopic (exact) mass is 193 g/mol. The number of benzene rings is 1. The molecule has 5 nitrogen and oxygen atoms in total. The molecule has 0 saturated heterocycles. The second-order valence-electron chi connectivity index (χ2n) is 2.89. The zero-order valence-electron chi connectivity index (χ0n) is 7.11. The number of carbonyl (C=O) groups excluding carboxylic acids is 2. The first-order valence-electron chi connectivity index (χ1n) is 3.97. The minimum Gasteiger partial charge on any atom is -0.457 e. The second kappa shape index (κ2) is 3.12. The molecule has 2 N–H and O–H groups in total. The van der Waals surface area contributed by atoms with Gasteiger partial charge in [-0.1, -0.05) is 0 Å². The summed E-state index contributed by atoms with van der Waals surface area (Å²) >= 11 is 0. The van der Waals surface area contributed by atoms with Crippen molar-refractivity contribution in [1.82, 2.24) is 5.48 Å². The van der Waals surface area contributed by atoms with Crippen molar-refractivity contribution in [3.63, 3.8) is 0 Å². The van der Waals surface area contributed by atoms with Gasteiger partial charge in [0.1, 0.15) is 6.61 Å². The molecule has 0 radical (unpaired) electrons. The Bertz CT molecular complexity index is 413. The molecular formula is C9H7NO4. The molecule has 1 aromatic carbocycles. The van der Waals surface area contributed by atoms with E-state index in [2.05, 4.69) is 0 Å². The van der Waals surface area contributed by atoms with E-state index in [9.17, 15) is 9.59 Å². The third kappa shape index (κ3) is 1.23. The molecule has 1 aliphatic rings. The van der Waals surface area contributed by atoms with Crippen molar-refractivity contribution >= 4 is 11.9 Å².